The van der Waals surface area contributed by atoms with Crippen molar-refractivity contribution in [2.45, 2.75) is 43.6 Å². The first-order valence-corrected chi connectivity index (χ1v) is 10.3. The van der Waals surface area contributed by atoms with Crippen LogP contribution in [0.1, 0.15) is 43.7 Å². The normalized spacial score (nSPS) is 35.0. The fourth-order valence-corrected chi connectivity index (χ4v) is 5.49. The van der Waals surface area contributed by atoms with Gasteiger partial charge < -0.3 is 20.1 Å². The third kappa shape index (κ3) is 2.81. The van der Waals surface area contributed by atoms with Gasteiger partial charge in [-0.1, -0.05) is 24.3 Å². The highest BCUT2D eigenvalue weighted by molar-refractivity contribution is 5.82. The first-order valence-electron chi connectivity index (χ1n) is 10.3. The van der Waals surface area contributed by atoms with Crippen LogP contribution in [0.5, 0.6) is 0 Å². The molecule has 2 N–H and O–H groups in total. The predicted octanol–water partition coefficient (Wildman–Crippen LogP) is 2.11. The van der Waals surface area contributed by atoms with E-state index in [1.165, 1.54) is 5.56 Å². The van der Waals surface area contributed by atoms with Gasteiger partial charge in [0.2, 0.25) is 5.91 Å². The van der Waals surface area contributed by atoms with Crippen LogP contribution in [0.2, 0.25) is 0 Å². The van der Waals surface area contributed by atoms with Gasteiger partial charge >= 0.3 is 12.1 Å². The van der Waals surface area contributed by atoms with Crippen LogP contribution in [0.25, 0.3) is 0 Å². The van der Waals surface area contributed by atoms with E-state index in [0.717, 1.165) is 18.7 Å². The molecule has 2 heterocycles. The molecular formula is C22H26N2O5. The molecule has 5 rings (SSSR count). The third-order valence-corrected chi connectivity index (χ3v) is 7.50. The number of carboxylic acid groups (broad SMARTS) is 1. The van der Waals surface area contributed by atoms with Gasteiger partial charge in [-0.3, -0.25) is 9.59 Å². The Morgan fingerprint density at radius 1 is 1.24 bits per heavy atom. The molecule has 2 saturated heterocycles. The second-order valence-corrected chi connectivity index (χ2v) is 9.74. The summed E-state index contributed by atoms with van der Waals surface area (Å²) in [7, 11) is 0. The quantitative estimate of drug-likeness (QED) is 0.810. The maximum absolute atomic E-state index is 12.8. The molecule has 7 heteroatoms. The minimum absolute atomic E-state index is 0.0207. The van der Waals surface area contributed by atoms with E-state index in [4.69, 9.17) is 4.74 Å². The topological polar surface area (TPSA) is 95.9 Å². The van der Waals surface area contributed by atoms with Crippen molar-refractivity contribution in [2.75, 3.05) is 19.7 Å². The summed E-state index contributed by atoms with van der Waals surface area (Å²) >= 11 is 0. The van der Waals surface area contributed by atoms with Crippen LogP contribution in [0.4, 0.5) is 4.79 Å². The molecule has 1 aromatic carbocycles. The van der Waals surface area contributed by atoms with E-state index in [2.05, 4.69) is 11.4 Å². The summed E-state index contributed by atoms with van der Waals surface area (Å²) in [6.07, 6.45) is 0.952. The van der Waals surface area contributed by atoms with E-state index in [-0.39, 0.29) is 23.5 Å². The molecule has 4 aliphatic rings. The van der Waals surface area contributed by atoms with E-state index in [9.17, 15) is 19.5 Å². The monoisotopic (exact) mass is 398 g/mol. The molecule has 1 unspecified atom stereocenters. The summed E-state index contributed by atoms with van der Waals surface area (Å²) in [5, 5.41) is 12.3. The Morgan fingerprint density at radius 3 is 2.52 bits per heavy atom. The molecule has 1 aromatic rings. The molecule has 0 bridgehead atoms. The molecule has 154 valence electrons. The van der Waals surface area contributed by atoms with Crippen molar-refractivity contribution in [3.63, 3.8) is 0 Å². The van der Waals surface area contributed by atoms with Crippen LogP contribution in [0.15, 0.2) is 24.3 Å². The Hall–Kier alpha value is -2.57. The lowest BCUT2D eigenvalue weighted by Gasteiger charge is -2.43. The third-order valence-electron chi connectivity index (χ3n) is 7.50. The summed E-state index contributed by atoms with van der Waals surface area (Å²) in [6, 6.07) is 7.93. The highest BCUT2D eigenvalue weighted by Crippen LogP contribution is 2.59. The smallest absolute Gasteiger partial charge is 0.407 e. The van der Waals surface area contributed by atoms with Crippen molar-refractivity contribution < 1.29 is 24.2 Å². The Kier molecular flexibility index (Phi) is 3.80. The molecule has 2 aliphatic carbocycles. The molecule has 2 amide bonds. The van der Waals surface area contributed by atoms with Gasteiger partial charge in [0, 0.05) is 19.0 Å². The van der Waals surface area contributed by atoms with E-state index in [1.807, 2.05) is 23.1 Å². The molecule has 2 saturated carbocycles. The zero-order chi connectivity index (χ0) is 20.6. The van der Waals surface area contributed by atoms with Gasteiger partial charge in [0.25, 0.3) is 0 Å². The molecule has 29 heavy (non-hydrogen) atoms. The molecular weight excluding hydrogens is 372 g/mol. The number of carbonyl (C=O) groups is 3. The van der Waals surface area contributed by atoms with E-state index >= 15 is 0 Å². The van der Waals surface area contributed by atoms with E-state index < -0.39 is 11.4 Å². The van der Waals surface area contributed by atoms with Crippen LogP contribution in [-0.2, 0) is 19.7 Å². The number of amides is 2. The number of alkyl carbamates (subject to hydrolysis) is 1. The fourth-order valence-electron chi connectivity index (χ4n) is 5.49. The van der Waals surface area contributed by atoms with Crippen molar-refractivity contribution >= 4 is 18.0 Å². The van der Waals surface area contributed by atoms with Crippen molar-refractivity contribution in [3.05, 3.63) is 35.4 Å². The second-order valence-electron chi connectivity index (χ2n) is 9.74. The number of cyclic esters (lactones) is 1. The number of hydrogen-bond donors (Lipinski definition) is 2. The van der Waals surface area contributed by atoms with Gasteiger partial charge in [0.1, 0.15) is 6.61 Å². The number of piperidine rings is 1. The lowest BCUT2D eigenvalue weighted by atomic mass is 9.68. The standard InChI is InChI=1S/C22H26N2O5/c1-21(2,19(26)27)14-5-3-4-12(6-14)17-15-9-24(10-16(15)17)18(25)13-7-22(8-13)11-29-20(28)23-22/h3-6,13,15-17H,7-11H2,1-2H3,(H,23,28)(H,26,27)/t13-,15-,16?,17+,22+/m1/s1. The lowest BCUT2D eigenvalue weighted by Crippen LogP contribution is -2.58. The van der Waals surface area contributed by atoms with Gasteiger partial charge in [0.05, 0.1) is 11.0 Å². The molecule has 0 aromatic heterocycles. The second kappa shape index (κ2) is 5.97. The Balaban J connectivity index is 1.20. The van der Waals surface area contributed by atoms with Gasteiger partial charge in [-0.25, -0.2) is 4.79 Å². The Morgan fingerprint density at radius 2 is 1.93 bits per heavy atom. The number of nitrogens with one attached hydrogen (secondary N) is 1. The summed E-state index contributed by atoms with van der Waals surface area (Å²) in [5.41, 5.74) is 0.773. The van der Waals surface area contributed by atoms with Crippen LogP contribution in [-0.4, -0.2) is 53.2 Å². The van der Waals surface area contributed by atoms with E-state index in [1.54, 1.807) is 13.8 Å². The molecule has 2 aliphatic heterocycles. The highest BCUT2D eigenvalue weighted by atomic mass is 16.6. The predicted molar refractivity (Wildman–Crippen MR) is 103 cm³/mol. The molecule has 0 radical (unpaired) electrons. The number of likely N-dealkylation sites (tertiary alicyclic amines) is 1. The van der Waals surface area contributed by atoms with Crippen LogP contribution in [0, 0.1) is 17.8 Å². The molecule has 4 fully saturated rings. The largest absolute Gasteiger partial charge is 0.481 e. The summed E-state index contributed by atoms with van der Waals surface area (Å²) in [6.45, 7) is 5.36. The number of carboxylic acids is 1. The summed E-state index contributed by atoms with van der Waals surface area (Å²) in [4.78, 5) is 37.6. The minimum Gasteiger partial charge on any atom is -0.481 e. The van der Waals surface area contributed by atoms with Crippen molar-refractivity contribution in [1.82, 2.24) is 10.2 Å². The minimum atomic E-state index is -0.915. The maximum atomic E-state index is 12.8. The number of rotatable bonds is 4. The number of fused-ring (bicyclic) bond motifs is 1. The van der Waals surface area contributed by atoms with Crippen LogP contribution >= 0.6 is 0 Å². The van der Waals surface area contributed by atoms with Crippen molar-refractivity contribution in [1.29, 1.82) is 0 Å². The average molecular weight is 398 g/mol. The van der Waals surface area contributed by atoms with Crippen LogP contribution in [0.3, 0.4) is 0 Å². The average Bonchev–Trinajstić information content (AvgIpc) is 2.99. The van der Waals surface area contributed by atoms with Gasteiger partial charge in [-0.15, -0.1) is 0 Å². The number of ether oxygens (including phenoxy) is 1. The summed E-state index contributed by atoms with van der Waals surface area (Å²) in [5.74, 6) is 0.691. The Bertz CT molecular complexity index is 892. The molecule has 7 nitrogen and oxygen atoms in total. The van der Waals surface area contributed by atoms with Gasteiger partial charge in [0.15, 0.2) is 0 Å². The van der Waals surface area contributed by atoms with Gasteiger partial charge in [-0.05, 0) is 55.6 Å². The number of nitrogens with zero attached hydrogens (tertiary/aromatic N) is 1. The zero-order valence-electron chi connectivity index (χ0n) is 16.7. The molecule has 1 spiro atoms. The first kappa shape index (κ1) is 18.5. The number of benzene rings is 1. The highest BCUT2D eigenvalue weighted by Gasteiger charge is 2.59. The maximum Gasteiger partial charge on any atom is 0.407 e. The number of aliphatic carboxylic acids is 1. The lowest BCUT2D eigenvalue weighted by molar-refractivity contribution is -0.142. The first-order chi connectivity index (χ1) is 13.7. The molecule has 3 atom stereocenters. The SMILES string of the molecule is CC(C)(C(=O)O)c1cccc([C@@H]2C3CN(C(=O)[C@H]4C[C@]5(COC(=O)N5)C4)C[C@H]32)c1. The fraction of sp³-hybridized carbons (Fsp3) is 0.591. The zero-order valence-corrected chi connectivity index (χ0v) is 16.7. The van der Waals surface area contributed by atoms with Crippen molar-refractivity contribution in [2.24, 2.45) is 17.8 Å². The van der Waals surface area contributed by atoms with Crippen LogP contribution < -0.4 is 5.32 Å². The van der Waals surface area contributed by atoms with Gasteiger partial charge in [-0.2, -0.15) is 0 Å². The van der Waals surface area contributed by atoms with E-state index in [0.29, 0.717) is 37.2 Å². The summed E-state index contributed by atoms with van der Waals surface area (Å²) < 4.78 is 4.99. The number of carbonyl (C=O) groups excluding carboxylic acids is 2. The Labute approximate surface area is 169 Å². The van der Waals surface area contributed by atoms with Crippen molar-refractivity contribution in [3.8, 4) is 0 Å². The number of hydrogen-bond acceptors (Lipinski definition) is 4.